The fourth-order valence-electron chi connectivity index (χ4n) is 3.14. The Morgan fingerprint density at radius 3 is 2.41 bits per heavy atom. The summed E-state index contributed by atoms with van der Waals surface area (Å²) >= 11 is 6.00. The van der Waals surface area contributed by atoms with Crippen LogP contribution in [0.4, 0.5) is 0 Å². The fraction of sp³-hybridized carbons (Fsp3) is 0.381. The monoisotopic (exact) mass is 436 g/mol. The average molecular weight is 437 g/mol. The van der Waals surface area contributed by atoms with E-state index in [1.165, 1.54) is 0 Å². The topological polar surface area (TPSA) is 75.7 Å². The molecule has 29 heavy (non-hydrogen) atoms. The van der Waals surface area contributed by atoms with Gasteiger partial charge in [-0.25, -0.2) is 8.42 Å². The van der Waals surface area contributed by atoms with Crippen LogP contribution in [-0.4, -0.2) is 38.3 Å². The third-order valence-electron chi connectivity index (χ3n) is 4.79. The molecule has 0 unspecified atom stereocenters. The van der Waals surface area contributed by atoms with Gasteiger partial charge in [-0.2, -0.15) is 4.31 Å². The van der Waals surface area contributed by atoms with E-state index in [4.69, 9.17) is 16.3 Å². The van der Waals surface area contributed by atoms with Crippen molar-refractivity contribution in [2.75, 3.05) is 19.7 Å². The predicted molar refractivity (Wildman–Crippen MR) is 112 cm³/mol. The van der Waals surface area contributed by atoms with Gasteiger partial charge in [0.25, 0.3) is 0 Å². The highest BCUT2D eigenvalue weighted by molar-refractivity contribution is 7.89. The summed E-state index contributed by atoms with van der Waals surface area (Å²) in [6, 6.07) is 13.8. The van der Waals surface area contributed by atoms with Gasteiger partial charge in [0.2, 0.25) is 15.9 Å². The second kappa shape index (κ2) is 10.1. The minimum atomic E-state index is -3.43. The van der Waals surface area contributed by atoms with E-state index in [2.05, 4.69) is 5.32 Å². The Labute approximate surface area is 176 Å². The highest BCUT2D eigenvalue weighted by Gasteiger charge is 2.25. The Hall–Kier alpha value is -2.09. The molecule has 156 valence electrons. The number of sulfonamides is 1. The number of amides is 1. The quantitative estimate of drug-likeness (QED) is 0.686. The standard InChI is InChI=1S/C21H25ClN2O4S/c22-19-6-2-3-7-20(19)28-15-12-21(25)23-16-17-8-10-18(11-9-17)29(26,27)24-13-4-1-5-14-24/h2-3,6-11H,1,4-5,12-16H2,(H,23,25). The van der Waals surface area contributed by atoms with Crippen LogP contribution in [0, 0.1) is 0 Å². The van der Waals surface area contributed by atoms with Crippen molar-refractivity contribution in [1.82, 2.24) is 9.62 Å². The van der Waals surface area contributed by atoms with E-state index >= 15 is 0 Å². The summed E-state index contributed by atoms with van der Waals surface area (Å²) in [5.41, 5.74) is 0.836. The van der Waals surface area contributed by atoms with Gasteiger partial charge in [0, 0.05) is 19.6 Å². The third kappa shape index (κ3) is 5.95. The van der Waals surface area contributed by atoms with E-state index in [1.807, 2.05) is 12.1 Å². The van der Waals surface area contributed by atoms with Gasteiger partial charge in [0.15, 0.2) is 0 Å². The maximum Gasteiger partial charge on any atom is 0.243 e. The van der Waals surface area contributed by atoms with E-state index in [0.29, 0.717) is 35.3 Å². The molecule has 0 radical (unpaired) electrons. The summed E-state index contributed by atoms with van der Waals surface area (Å²) in [5.74, 6) is 0.398. The number of carbonyl (C=O) groups excluding carboxylic acids is 1. The Bertz CT molecular complexity index is 926. The Morgan fingerprint density at radius 1 is 1.03 bits per heavy atom. The van der Waals surface area contributed by atoms with Crippen molar-refractivity contribution in [2.45, 2.75) is 37.1 Å². The van der Waals surface area contributed by atoms with Gasteiger partial charge in [0.05, 0.1) is 22.9 Å². The highest BCUT2D eigenvalue weighted by atomic mass is 35.5. The molecule has 2 aromatic carbocycles. The zero-order chi connectivity index (χ0) is 20.7. The van der Waals surface area contributed by atoms with Gasteiger partial charge >= 0.3 is 0 Å². The van der Waals surface area contributed by atoms with Crippen molar-refractivity contribution in [3.8, 4) is 5.75 Å². The van der Waals surface area contributed by atoms with Crippen LogP contribution in [0.2, 0.25) is 5.02 Å². The molecule has 0 bridgehead atoms. The zero-order valence-electron chi connectivity index (χ0n) is 16.1. The number of ether oxygens (including phenoxy) is 1. The lowest BCUT2D eigenvalue weighted by Gasteiger charge is -2.25. The first-order chi connectivity index (χ1) is 14.0. The van der Waals surface area contributed by atoms with Crippen molar-refractivity contribution in [1.29, 1.82) is 0 Å². The number of rotatable bonds is 8. The van der Waals surface area contributed by atoms with Crippen LogP contribution in [-0.2, 0) is 21.4 Å². The number of hydrogen-bond donors (Lipinski definition) is 1. The molecule has 0 saturated carbocycles. The van der Waals surface area contributed by atoms with Crippen LogP contribution in [0.25, 0.3) is 0 Å². The first-order valence-electron chi connectivity index (χ1n) is 9.70. The summed E-state index contributed by atoms with van der Waals surface area (Å²) in [6.07, 6.45) is 3.09. The van der Waals surface area contributed by atoms with Crippen molar-refractivity contribution in [2.24, 2.45) is 0 Å². The molecular formula is C21H25ClN2O4S. The number of para-hydroxylation sites is 1. The van der Waals surface area contributed by atoms with Crippen molar-refractivity contribution < 1.29 is 17.9 Å². The fourth-order valence-corrected chi connectivity index (χ4v) is 4.85. The van der Waals surface area contributed by atoms with Crippen LogP contribution >= 0.6 is 11.6 Å². The van der Waals surface area contributed by atoms with Gasteiger partial charge in [-0.3, -0.25) is 4.79 Å². The first-order valence-corrected chi connectivity index (χ1v) is 11.5. The number of benzene rings is 2. The molecule has 8 heteroatoms. The lowest BCUT2D eigenvalue weighted by atomic mass is 10.2. The molecule has 6 nitrogen and oxygen atoms in total. The molecule has 1 heterocycles. The van der Waals surface area contributed by atoms with Gasteiger partial charge in [0.1, 0.15) is 5.75 Å². The summed E-state index contributed by atoms with van der Waals surface area (Å²) in [7, 11) is -3.43. The smallest absolute Gasteiger partial charge is 0.243 e. The minimum Gasteiger partial charge on any atom is -0.491 e. The third-order valence-corrected chi connectivity index (χ3v) is 7.01. The largest absolute Gasteiger partial charge is 0.491 e. The molecule has 0 aliphatic carbocycles. The number of nitrogens with zero attached hydrogens (tertiary/aromatic N) is 1. The molecule has 2 aromatic rings. The first kappa shape index (κ1) is 21.6. The Balaban J connectivity index is 1.46. The summed E-state index contributed by atoms with van der Waals surface area (Å²) in [5, 5.41) is 3.32. The summed E-state index contributed by atoms with van der Waals surface area (Å²) < 4.78 is 32.4. The Morgan fingerprint density at radius 2 is 1.72 bits per heavy atom. The zero-order valence-corrected chi connectivity index (χ0v) is 17.7. The minimum absolute atomic E-state index is 0.151. The maximum absolute atomic E-state index is 12.7. The van der Waals surface area contributed by atoms with Crippen LogP contribution in [0.1, 0.15) is 31.2 Å². The molecule has 0 spiro atoms. The van der Waals surface area contributed by atoms with Crippen LogP contribution in [0.5, 0.6) is 5.75 Å². The van der Waals surface area contributed by atoms with E-state index in [1.54, 1.807) is 40.7 Å². The lowest BCUT2D eigenvalue weighted by Crippen LogP contribution is -2.35. The molecule has 1 aliphatic heterocycles. The van der Waals surface area contributed by atoms with E-state index in [0.717, 1.165) is 24.8 Å². The van der Waals surface area contributed by atoms with Gasteiger partial charge in [-0.05, 0) is 42.7 Å². The number of carbonyl (C=O) groups is 1. The van der Waals surface area contributed by atoms with Crippen molar-refractivity contribution in [3.05, 3.63) is 59.1 Å². The second-order valence-electron chi connectivity index (χ2n) is 6.91. The van der Waals surface area contributed by atoms with Crippen molar-refractivity contribution in [3.63, 3.8) is 0 Å². The molecule has 0 aromatic heterocycles. The molecule has 1 aliphatic rings. The average Bonchev–Trinajstić information content (AvgIpc) is 2.74. The van der Waals surface area contributed by atoms with Crippen LogP contribution < -0.4 is 10.1 Å². The number of halogens is 1. The number of hydrogen-bond acceptors (Lipinski definition) is 4. The lowest BCUT2D eigenvalue weighted by molar-refractivity contribution is -0.121. The van der Waals surface area contributed by atoms with Crippen LogP contribution in [0.15, 0.2) is 53.4 Å². The van der Waals surface area contributed by atoms with Gasteiger partial charge in [-0.15, -0.1) is 0 Å². The summed E-state index contributed by atoms with van der Waals surface area (Å²) in [4.78, 5) is 12.3. The van der Waals surface area contributed by atoms with E-state index in [-0.39, 0.29) is 18.9 Å². The second-order valence-corrected chi connectivity index (χ2v) is 9.26. The maximum atomic E-state index is 12.7. The highest BCUT2D eigenvalue weighted by Crippen LogP contribution is 2.23. The number of nitrogens with one attached hydrogen (secondary N) is 1. The molecular weight excluding hydrogens is 412 g/mol. The van der Waals surface area contributed by atoms with Gasteiger partial charge in [-0.1, -0.05) is 42.3 Å². The van der Waals surface area contributed by atoms with E-state index in [9.17, 15) is 13.2 Å². The molecule has 3 rings (SSSR count). The SMILES string of the molecule is O=C(CCOc1ccccc1Cl)NCc1ccc(S(=O)(=O)N2CCCCC2)cc1. The molecule has 1 N–H and O–H groups in total. The summed E-state index contributed by atoms with van der Waals surface area (Å²) in [6.45, 7) is 1.71. The van der Waals surface area contributed by atoms with Crippen LogP contribution in [0.3, 0.4) is 0 Å². The van der Waals surface area contributed by atoms with Crippen molar-refractivity contribution >= 4 is 27.5 Å². The molecule has 1 fully saturated rings. The van der Waals surface area contributed by atoms with E-state index < -0.39 is 10.0 Å². The molecule has 0 atom stereocenters. The Kier molecular flexibility index (Phi) is 7.52. The van der Waals surface area contributed by atoms with Gasteiger partial charge < -0.3 is 10.1 Å². The predicted octanol–water partition coefficient (Wildman–Crippen LogP) is 3.60. The molecule has 1 saturated heterocycles. The molecule has 1 amide bonds. The normalized spacial score (nSPS) is 15.1. The number of piperidine rings is 1.